The fourth-order valence-corrected chi connectivity index (χ4v) is 5.25. The van der Waals surface area contributed by atoms with E-state index in [0.29, 0.717) is 11.5 Å². The molecule has 0 aliphatic carbocycles. The van der Waals surface area contributed by atoms with Crippen molar-refractivity contribution in [2.24, 2.45) is 5.92 Å². The van der Waals surface area contributed by atoms with Gasteiger partial charge in [0.05, 0.1) is 17.8 Å². The number of hydrogen-bond acceptors (Lipinski definition) is 3. The lowest BCUT2D eigenvalue weighted by Crippen LogP contribution is -2.41. The van der Waals surface area contributed by atoms with Crippen LogP contribution < -0.4 is 5.32 Å². The fourth-order valence-electron chi connectivity index (χ4n) is 5.25. The van der Waals surface area contributed by atoms with E-state index in [0.717, 1.165) is 44.6 Å². The number of anilines is 1. The van der Waals surface area contributed by atoms with Crippen molar-refractivity contribution in [2.45, 2.75) is 51.1 Å². The number of nitrogens with zero attached hydrogens (tertiary/aromatic N) is 3. The first-order valence-electron chi connectivity index (χ1n) is 11.7. The van der Waals surface area contributed by atoms with E-state index in [4.69, 9.17) is 0 Å². The fraction of sp³-hybridized carbons (Fsp3) is 0.407. The molecule has 1 N–H and O–H groups in total. The van der Waals surface area contributed by atoms with Gasteiger partial charge in [0.25, 0.3) is 5.91 Å². The van der Waals surface area contributed by atoms with E-state index in [1.165, 1.54) is 11.1 Å². The zero-order valence-corrected chi connectivity index (χ0v) is 19.0. The minimum absolute atomic E-state index is 0.0985. The number of amides is 1. The van der Waals surface area contributed by atoms with E-state index in [-0.39, 0.29) is 17.5 Å². The second kappa shape index (κ2) is 8.45. The van der Waals surface area contributed by atoms with E-state index in [2.05, 4.69) is 78.9 Å². The van der Waals surface area contributed by atoms with Gasteiger partial charge in [-0.05, 0) is 56.6 Å². The molecule has 3 aromatic rings. The second-order valence-electron chi connectivity index (χ2n) is 9.87. The van der Waals surface area contributed by atoms with Crippen molar-refractivity contribution in [3.05, 3.63) is 83.6 Å². The largest absolute Gasteiger partial charge is 0.363 e. The number of fused-ring (bicyclic) bond motifs is 1. The van der Waals surface area contributed by atoms with Crippen molar-refractivity contribution in [1.29, 1.82) is 0 Å². The molecule has 1 unspecified atom stereocenters. The van der Waals surface area contributed by atoms with Gasteiger partial charge >= 0.3 is 0 Å². The quantitative estimate of drug-likeness (QED) is 0.616. The van der Waals surface area contributed by atoms with Gasteiger partial charge in [0, 0.05) is 13.1 Å². The molecule has 32 heavy (non-hydrogen) atoms. The standard InChI is InChI=1S/C27H32N4O/c1-27(2)18-24(22-11-7-4-8-12-22)29-25-23(19-28-31(25)27)26(32)30-15-13-21(14-16-30)17-20-9-5-3-6-10-20/h3-12,19,21,24,29H,13-18H2,1-2H3. The van der Waals surface area contributed by atoms with Crippen LogP contribution in [0.1, 0.15) is 60.6 Å². The maximum atomic E-state index is 13.5. The molecule has 0 spiro atoms. The molecule has 1 saturated heterocycles. The maximum absolute atomic E-state index is 13.5. The lowest BCUT2D eigenvalue weighted by molar-refractivity contribution is 0.0691. The molecular weight excluding hydrogens is 396 g/mol. The van der Waals surface area contributed by atoms with Crippen LogP contribution in [0.2, 0.25) is 0 Å². The van der Waals surface area contributed by atoms with Gasteiger partial charge in [-0.1, -0.05) is 60.7 Å². The van der Waals surface area contributed by atoms with Crippen LogP contribution in [-0.2, 0) is 12.0 Å². The Balaban J connectivity index is 1.30. The normalized spacial score (nSPS) is 20.4. The molecule has 2 aromatic carbocycles. The average molecular weight is 429 g/mol. The van der Waals surface area contributed by atoms with Crippen LogP contribution >= 0.6 is 0 Å². The average Bonchev–Trinajstić information content (AvgIpc) is 3.25. The van der Waals surface area contributed by atoms with Gasteiger partial charge in [0.15, 0.2) is 0 Å². The summed E-state index contributed by atoms with van der Waals surface area (Å²) < 4.78 is 2.00. The molecule has 5 heteroatoms. The predicted molar refractivity (Wildman–Crippen MR) is 128 cm³/mol. The first kappa shape index (κ1) is 20.8. The van der Waals surface area contributed by atoms with Crippen molar-refractivity contribution in [3.8, 4) is 0 Å². The summed E-state index contributed by atoms with van der Waals surface area (Å²) in [6.45, 7) is 6.02. The minimum atomic E-state index is -0.164. The highest BCUT2D eigenvalue weighted by atomic mass is 16.2. The van der Waals surface area contributed by atoms with Crippen LogP contribution in [0, 0.1) is 5.92 Å². The molecule has 1 atom stereocenters. The van der Waals surface area contributed by atoms with Gasteiger partial charge in [0.2, 0.25) is 0 Å². The molecule has 2 aliphatic heterocycles. The van der Waals surface area contributed by atoms with Gasteiger partial charge in [-0.25, -0.2) is 4.68 Å². The number of likely N-dealkylation sites (tertiary alicyclic amines) is 1. The van der Waals surface area contributed by atoms with Gasteiger partial charge in [-0.2, -0.15) is 5.10 Å². The summed E-state index contributed by atoms with van der Waals surface area (Å²) in [6.07, 6.45) is 5.88. The van der Waals surface area contributed by atoms with E-state index in [1.807, 2.05) is 15.6 Å². The van der Waals surface area contributed by atoms with Crippen LogP contribution in [-0.4, -0.2) is 33.7 Å². The number of nitrogens with one attached hydrogen (secondary N) is 1. The van der Waals surface area contributed by atoms with Gasteiger partial charge in [-0.15, -0.1) is 0 Å². The molecule has 5 rings (SSSR count). The number of rotatable bonds is 4. The summed E-state index contributed by atoms with van der Waals surface area (Å²) in [5, 5.41) is 8.26. The lowest BCUT2D eigenvalue weighted by atomic mass is 9.88. The van der Waals surface area contributed by atoms with Crippen molar-refractivity contribution in [2.75, 3.05) is 18.4 Å². The second-order valence-corrected chi connectivity index (χ2v) is 9.87. The monoisotopic (exact) mass is 428 g/mol. The van der Waals surface area contributed by atoms with Crippen LogP contribution in [0.3, 0.4) is 0 Å². The number of aromatic nitrogens is 2. The lowest BCUT2D eigenvalue weighted by Gasteiger charge is -2.39. The van der Waals surface area contributed by atoms with E-state index >= 15 is 0 Å². The number of benzene rings is 2. The number of piperidine rings is 1. The van der Waals surface area contributed by atoms with E-state index < -0.39 is 0 Å². The summed E-state index contributed by atoms with van der Waals surface area (Å²) in [5.74, 6) is 1.59. The first-order chi connectivity index (χ1) is 15.5. The number of carbonyl (C=O) groups is 1. The summed E-state index contributed by atoms with van der Waals surface area (Å²) in [5.41, 5.74) is 3.16. The Labute approximate surface area is 190 Å². The van der Waals surface area contributed by atoms with Crippen molar-refractivity contribution < 1.29 is 4.79 Å². The molecule has 0 bridgehead atoms. The predicted octanol–water partition coefficient (Wildman–Crippen LogP) is 5.27. The third-order valence-electron chi connectivity index (χ3n) is 7.06. The summed E-state index contributed by atoms with van der Waals surface area (Å²) in [4.78, 5) is 15.5. The Morgan fingerprint density at radius 3 is 2.38 bits per heavy atom. The zero-order chi connectivity index (χ0) is 22.1. The Morgan fingerprint density at radius 2 is 1.69 bits per heavy atom. The van der Waals surface area contributed by atoms with Gasteiger partial charge in [-0.3, -0.25) is 4.79 Å². The molecule has 166 valence electrons. The summed E-state index contributed by atoms with van der Waals surface area (Å²) in [6, 6.07) is 21.3. The van der Waals surface area contributed by atoms with E-state index in [1.54, 1.807) is 6.20 Å². The molecule has 1 fully saturated rings. The molecule has 1 amide bonds. The summed E-state index contributed by atoms with van der Waals surface area (Å²) >= 11 is 0. The Hall–Kier alpha value is -3.08. The topological polar surface area (TPSA) is 50.2 Å². The van der Waals surface area contributed by atoms with Crippen molar-refractivity contribution >= 4 is 11.7 Å². The van der Waals surface area contributed by atoms with Crippen LogP contribution in [0.5, 0.6) is 0 Å². The summed E-state index contributed by atoms with van der Waals surface area (Å²) in [7, 11) is 0. The SMILES string of the molecule is CC1(C)CC(c2ccccc2)Nc2c(C(=O)N3CCC(Cc4ccccc4)CC3)cnn21. The molecule has 2 aliphatic rings. The van der Waals surface area contributed by atoms with Crippen LogP contribution in [0.4, 0.5) is 5.82 Å². The Kier molecular flexibility index (Phi) is 5.50. The molecular formula is C27H32N4O. The molecule has 3 heterocycles. The minimum Gasteiger partial charge on any atom is -0.363 e. The molecule has 1 aromatic heterocycles. The molecule has 0 saturated carbocycles. The highest BCUT2D eigenvalue weighted by Gasteiger charge is 2.37. The highest BCUT2D eigenvalue weighted by molar-refractivity contribution is 5.99. The Morgan fingerprint density at radius 1 is 1.03 bits per heavy atom. The van der Waals surface area contributed by atoms with Crippen molar-refractivity contribution in [3.63, 3.8) is 0 Å². The van der Waals surface area contributed by atoms with Crippen LogP contribution in [0.15, 0.2) is 66.9 Å². The molecule has 5 nitrogen and oxygen atoms in total. The molecule has 0 radical (unpaired) electrons. The van der Waals surface area contributed by atoms with Gasteiger partial charge in [0.1, 0.15) is 11.4 Å². The highest BCUT2D eigenvalue weighted by Crippen LogP contribution is 2.40. The van der Waals surface area contributed by atoms with Crippen LogP contribution in [0.25, 0.3) is 0 Å². The Bertz CT molecular complexity index is 1070. The smallest absolute Gasteiger partial charge is 0.259 e. The first-order valence-corrected chi connectivity index (χ1v) is 11.7. The number of hydrogen-bond donors (Lipinski definition) is 1. The van der Waals surface area contributed by atoms with Crippen molar-refractivity contribution in [1.82, 2.24) is 14.7 Å². The number of carbonyl (C=O) groups excluding carboxylic acids is 1. The maximum Gasteiger partial charge on any atom is 0.259 e. The van der Waals surface area contributed by atoms with Gasteiger partial charge < -0.3 is 10.2 Å². The van der Waals surface area contributed by atoms with E-state index in [9.17, 15) is 4.79 Å². The third-order valence-corrected chi connectivity index (χ3v) is 7.06. The third kappa shape index (κ3) is 4.04. The zero-order valence-electron chi connectivity index (χ0n) is 19.0.